The molecule has 9 heteroatoms. The van der Waals surface area contributed by atoms with E-state index in [0.717, 1.165) is 0 Å². The molecule has 98 valence electrons. The molecule has 1 N–H and O–H groups in total. The summed E-state index contributed by atoms with van der Waals surface area (Å²) in [5.74, 6) is -1.18. The van der Waals surface area contributed by atoms with E-state index in [-0.39, 0.29) is 71.5 Å². The monoisotopic (exact) mass is 378 g/mol. The van der Waals surface area contributed by atoms with E-state index in [1.165, 1.54) is 6.92 Å². The summed E-state index contributed by atoms with van der Waals surface area (Å²) >= 11 is 28.9. The van der Waals surface area contributed by atoms with Crippen LogP contribution in [-0.4, -0.2) is 54.9 Å². The smallest absolute Gasteiger partial charge is 1.00 e. The zero-order valence-corrected chi connectivity index (χ0v) is 14.9. The molecule has 0 radical (unpaired) electrons. The molecule has 0 saturated heterocycles. The number of carbonyl (C=O) groups excluding carboxylic acids is 1. The van der Waals surface area contributed by atoms with Gasteiger partial charge >= 0.3 is 43.7 Å². The maximum atomic E-state index is 11.2. The first-order valence-electron chi connectivity index (χ1n) is 4.18. The Bertz CT molecular complexity index is 458. The van der Waals surface area contributed by atoms with Crippen molar-refractivity contribution < 1.29 is 17.5 Å². The second-order valence-electron chi connectivity index (χ2n) is 3.00. The quantitative estimate of drug-likeness (QED) is 0.276. The Morgan fingerprint density at radius 3 is 1.72 bits per heavy atom. The Morgan fingerprint density at radius 2 is 1.39 bits per heavy atom. The Kier molecular flexibility index (Phi) is 8.56. The summed E-state index contributed by atoms with van der Waals surface area (Å²) in [6.45, 7) is 1.23. The van der Waals surface area contributed by atoms with Gasteiger partial charge in [0.05, 0.1) is 15.1 Å². The Morgan fingerprint density at radius 1 is 1.06 bits per heavy atom. The number of carbonyl (C=O) groups is 1. The average Bonchev–Trinajstić information content (AvgIpc) is 2.29. The first-order valence-corrected chi connectivity index (χ1v) is 6.07. The maximum Gasteiger partial charge on any atom is 2.00 e. The fourth-order valence-electron chi connectivity index (χ4n) is 0.860. The maximum absolute atomic E-state index is 11.2. The van der Waals surface area contributed by atoms with Crippen molar-refractivity contribution in [2.75, 3.05) is 0 Å². The fraction of sp³-hybridized carbons (Fsp3) is 0.222. The molecule has 0 saturated carbocycles. The Balaban J connectivity index is -0.000000963. The standard InChI is InChI=1S/C9H5Cl5O3.Ca.2H/c1-2(15)9(16)17-8-6(13)4(11)3(10)5(12)7(8)14;;;/h2,15H,1H3;;;/q;+2;2*-1. The van der Waals surface area contributed by atoms with Crippen molar-refractivity contribution >= 4 is 102 Å². The molecule has 0 aromatic heterocycles. The molecular weight excluding hydrogens is 373 g/mol. The van der Waals surface area contributed by atoms with E-state index >= 15 is 0 Å². The van der Waals surface area contributed by atoms with Crippen LogP contribution in [-0.2, 0) is 4.79 Å². The van der Waals surface area contributed by atoms with E-state index in [4.69, 9.17) is 67.8 Å². The molecule has 0 spiro atoms. The molecule has 0 amide bonds. The number of ether oxygens (including phenoxy) is 1. The van der Waals surface area contributed by atoms with Crippen LogP contribution in [0.15, 0.2) is 0 Å². The van der Waals surface area contributed by atoms with Crippen LogP contribution in [0.4, 0.5) is 0 Å². The number of halogens is 5. The van der Waals surface area contributed by atoms with Crippen molar-refractivity contribution in [2.24, 2.45) is 0 Å². The first kappa shape index (κ1) is 19.4. The molecule has 3 nitrogen and oxygen atoms in total. The van der Waals surface area contributed by atoms with Crippen LogP contribution in [0, 0.1) is 0 Å². The molecule has 1 rings (SSSR count). The second kappa shape index (κ2) is 7.96. The van der Waals surface area contributed by atoms with Crippen LogP contribution in [0.25, 0.3) is 0 Å². The van der Waals surface area contributed by atoms with Crippen molar-refractivity contribution in [1.82, 2.24) is 0 Å². The van der Waals surface area contributed by atoms with Crippen molar-refractivity contribution in [1.29, 1.82) is 0 Å². The molecule has 0 bridgehead atoms. The third-order valence-corrected chi connectivity index (χ3v) is 3.96. The van der Waals surface area contributed by atoms with Gasteiger partial charge in [0.15, 0.2) is 5.75 Å². The average molecular weight is 380 g/mol. The largest absolute Gasteiger partial charge is 2.00 e. The van der Waals surface area contributed by atoms with Gasteiger partial charge in [-0.1, -0.05) is 58.0 Å². The van der Waals surface area contributed by atoms with E-state index in [0.29, 0.717) is 0 Å². The third kappa shape index (κ3) is 4.17. The molecule has 0 aliphatic rings. The SMILES string of the molecule is CC(O)C(=O)Oc1c(Cl)c(Cl)c(Cl)c(Cl)c1Cl.[Ca+2].[H-].[H-]. The van der Waals surface area contributed by atoms with Gasteiger partial charge in [-0.3, -0.25) is 0 Å². The van der Waals surface area contributed by atoms with Crippen LogP contribution in [0.5, 0.6) is 5.75 Å². The minimum atomic E-state index is -1.34. The van der Waals surface area contributed by atoms with Crippen molar-refractivity contribution in [3.8, 4) is 5.75 Å². The van der Waals surface area contributed by atoms with Crippen LogP contribution in [0.1, 0.15) is 9.78 Å². The Hall–Kier alpha value is 1.36. The molecule has 1 aromatic carbocycles. The van der Waals surface area contributed by atoms with Crippen molar-refractivity contribution in [3.63, 3.8) is 0 Å². The summed E-state index contributed by atoms with van der Waals surface area (Å²) in [4.78, 5) is 11.2. The van der Waals surface area contributed by atoms with Crippen LogP contribution in [0.3, 0.4) is 0 Å². The van der Waals surface area contributed by atoms with E-state index in [2.05, 4.69) is 0 Å². The molecule has 0 aliphatic heterocycles. The summed E-state index contributed by atoms with van der Waals surface area (Å²) in [5.41, 5.74) is 0. The molecule has 1 atom stereocenters. The molecule has 0 aliphatic carbocycles. The van der Waals surface area contributed by atoms with E-state index in [1.54, 1.807) is 0 Å². The van der Waals surface area contributed by atoms with Gasteiger partial charge in [0.25, 0.3) is 0 Å². The summed E-state index contributed by atoms with van der Waals surface area (Å²) in [5, 5.41) is 8.48. The molecule has 1 unspecified atom stereocenters. The molecule has 0 heterocycles. The molecule has 1 aromatic rings. The number of esters is 1. The minimum absolute atomic E-state index is 0. The summed E-state index contributed by atoms with van der Waals surface area (Å²) in [6.07, 6.45) is -1.34. The van der Waals surface area contributed by atoms with Gasteiger partial charge < -0.3 is 12.7 Å². The van der Waals surface area contributed by atoms with Crippen molar-refractivity contribution in [2.45, 2.75) is 13.0 Å². The first-order chi connectivity index (χ1) is 7.77. The van der Waals surface area contributed by atoms with Crippen molar-refractivity contribution in [3.05, 3.63) is 25.1 Å². The predicted octanol–water partition coefficient (Wildman–Crippen LogP) is 4.08. The van der Waals surface area contributed by atoms with Gasteiger partial charge in [-0.2, -0.15) is 0 Å². The van der Waals surface area contributed by atoms with Crippen LogP contribution in [0.2, 0.25) is 25.1 Å². The summed E-state index contributed by atoms with van der Waals surface area (Å²) in [7, 11) is 0. The number of hydrogen-bond donors (Lipinski definition) is 1. The molecular formula is C9H7CaCl5O3. The summed E-state index contributed by atoms with van der Waals surface area (Å²) < 4.78 is 4.77. The fourth-order valence-corrected chi connectivity index (χ4v) is 2.06. The van der Waals surface area contributed by atoms with E-state index in [9.17, 15) is 4.79 Å². The van der Waals surface area contributed by atoms with Gasteiger partial charge in [-0.25, -0.2) is 4.79 Å². The molecule has 18 heavy (non-hydrogen) atoms. The number of hydrogen-bond acceptors (Lipinski definition) is 3. The van der Waals surface area contributed by atoms with Crippen LogP contribution < -0.4 is 4.74 Å². The second-order valence-corrected chi connectivity index (χ2v) is 4.89. The zero-order valence-electron chi connectivity index (χ0n) is 10.9. The van der Waals surface area contributed by atoms with Gasteiger partial charge in [0, 0.05) is 0 Å². The van der Waals surface area contributed by atoms with E-state index in [1.807, 2.05) is 0 Å². The zero-order chi connectivity index (χ0) is 13.3. The van der Waals surface area contributed by atoms with Gasteiger partial charge in [-0.15, -0.1) is 0 Å². The predicted molar refractivity (Wildman–Crippen MR) is 76.8 cm³/mol. The minimum Gasteiger partial charge on any atom is -1.00 e. The molecule has 0 fully saturated rings. The van der Waals surface area contributed by atoms with Gasteiger partial charge in [0.1, 0.15) is 16.1 Å². The topological polar surface area (TPSA) is 46.5 Å². The normalized spacial score (nSPS) is 11.7. The van der Waals surface area contributed by atoms with Gasteiger partial charge in [0.2, 0.25) is 0 Å². The number of aliphatic hydroxyl groups excluding tert-OH is 1. The summed E-state index contributed by atoms with van der Waals surface area (Å²) in [6, 6.07) is 0. The third-order valence-electron chi connectivity index (χ3n) is 1.71. The number of rotatable bonds is 2. The van der Waals surface area contributed by atoms with Crippen LogP contribution >= 0.6 is 58.0 Å². The number of benzene rings is 1. The Labute approximate surface area is 161 Å². The van der Waals surface area contributed by atoms with Gasteiger partial charge in [-0.05, 0) is 6.92 Å². The number of aliphatic hydroxyl groups is 1. The van der Waals surface area contributed by atoms with E-state index < -0.39 is 12.1 Å².